The molecule has 1 aromatic carbocycles. The molecule has 1 aromatic rings. The highest BCUT2D eigenvalue weighted by Crippen LogP contribution is 2.26. The zero-order chi connectivity index (χ0) is 13.8. The number of nitrogens with one attached hydrogen (secondary N) is 1. The van der Waals surface area contributed by atoms with Crippen molar-refractivity contribution in [2.75, 3.05) is 32.8 Å². The maximum atomic E-state index is 5.58. The SMILES string of the molecule is CCCN(CCc1ccc2c(c1)CCO2)C1CCNC1.Cl. The summed E-state index contributed by atoms with van der Waals surface area (Å²) in [5.41, 5.74) is 2.85. The van der Waals surface area contributed by atoms with Crippen LogP contribution >= 0.6 is 12.4 Å². The van der Waals surface area contributed by atoms with Gasteiger partial charge in [0, 0.05) is 25.6 Å². The Morgan fingerprint density at radius 3 is 3.00 bits per heavy atom. The van der Waals surface area contributed by atoms with Crippen LogP contribution in [0.25, 0.3) is 0 Å². The van der Waals surface area contributed by atoms with Crippen molar-refractivity contribution >= 4 is 12.4 Å². The molecule has 0 spiro atoms. The molecule has 1 atom stereocenters. The molecule has 3 nitrogen and oxygen atoms in total. The van der Waals surface area contributed by atoms with E-state index in [1.807, 2.05) is 0 Å². The van der Waals surface area contributed by atoms with Gasteiger partial charge in [0.15, 0.2) is 0 Å². The summed E-state index contributed by atoms with van der Waals surface area (Å²) in [6.07, 6.45) is 4.78. The fraction of sp³-hybridized carbons (Fsp3) is 0.647. The molecule has 2 aliphatic rings. The summed E-state index contributed by atoms with van der Waals surface area (Å²) in [5, 5.41) is 3.49. The molecule has 0 aromatic heterocycles. The van der Waals surface area contributed by atoms with Crippen LogP contribution in [-0.2, 0) is 12.8 Å². The lowest BCUT2D eigenvalue weighted by atomic mass is 10.1. The third-order valence-electron chi connectivity index (χ3n) is 4.50. The van der Waals surface area contributed by atoms with Crippen LogP contribution in [0.1, 0.15) is 30.9 Å². The van der Waals surface area contributed by atoms with E-state index >= 15 is 0 Å². The quantitative estimate of drug-likeness (QED) is 0.874. The highest BCUT2D eigenvalue weighted by atomic mass is 35.5. The normalized spacial score (nSPS) is 20.2. The van der Waals surface area contributed by atoms with Crippen LogP contribution in [0.2, 0.25) is 0 Å². The number of nitrogens with zero attached hydrogens (tertiary/aromatic N) is 1. The molecule has 0 aliphatic carbocycles. The Kier molecular flexibility index (Phi) is 6.34. The molecular formula is C17H27ClN2O. The first-order chi connectivity index (χ1) is 9.86. The first kappa shape index (κ1) is 16.6. The van der Waals surface area contributed by atoms with Crippen molar-refractivity contribution in [3.63, 3.8) is 0 Å². The van der Waals surface area contributed by atoms with E-state index in [-0.39, 0.29) is 12.4 Å². The summed E-state index contributed by atoms with van der Waals surface area (Å²) in [4.78, 5) is 2.67. The standard InChI is InChI=1S/C17H26N2O.ClH/c1-2-9-19(16-5-8-18-13-16)10-6-14-3-4-17-15(12-14)7-11-20-17;/h3-4,12,16,18H,2,5-11,13H2,1H3;1H. The fourth-order valence-electron chi connectivity index (χ4n) is 3.38. The molecule has 1 N–H and O–H groups in total. The van der Waals surface area contributed by atoms with Gasteiger partial charge >= 0.3 is 0 Å². The third kappa shape index (κ3) is 4.12. The smallest absolute Gasteiger partial charge is 0.122 e. The first-order valence-corrected chi connectivity index (χ1v) is 8.06. The zero-order valence-electron chi connectivity index (χ0n) is 12.9. The van der Waals surface area contributed by atoms with E-state index in [4.69, 9.17) is 4.74 Å². The molecule has 118 valence electrons. The van der Waals surface area contributed by atoms with Crippen LogP contribution in [0.5, 0.6) is 5.75 Å². The average Bonchev–Trinajstić information content (AvgIpc) is 3.13. The van der Waals surface area contributed by atoms with Crippen LogP contribution in [0, 0.1) is 0 Å². The Hall–Kier alpha value is -0.770. The van der Waals surface area contributed by atoms with Crippen LogP contribution in [-0.4, -0.2) is 43.7 Å². The second kappa shape index (κ2) is 8.02. The minimum atomic E-state index is 0. The molecule has 4 heteroatoms. The molecule has 2 heterocycles. The third-order valence-corrected chi connectivity index (χ3v) is 4.50. The van der Waals surface area contributed by atoms with E-state index < -0.39 is 0 Å². The van der Waals surface area contributed by atoms with Gasteiger partial charge in [-0.15, -0.1) is 12.4 Å². The number of ether oxygens (including phenoxy) is 1. The van der Waals surface area contributed by atoms with Gasteiger partial charge in [0.25, 0.3) is 0 Å². The van der Waals surface area contributed by atoms with Crippen LogP contribution in [0.3, 0.4) is 0 Å². The minimum absolute atomic E-state index is 0. The Bertz CT molecular complexity index is 446. The fourth-order valence-corrected chi connectivity index (χ4v) is 3.38. The van der Waals surface area contributed by atoms with Gasteiger partial charge in [-0.25, -0.2) is 0 Å². The van der Waals surface area contributed by atoms with Gasteiger partial charge in [0.1, 0.15) is 5.75 Å². The van der Waals surface area contributed by atoms with Gasteiger partial charge < -0.3 is 10.1 Å². The van der Waals surface area contributed by atoms with Gasteiger partial charge in [-0.05, 0) is 49.5 Å². The molecule has 0 saturated carbocycles. The highest BCUT2D eigenvalue weighted by molar-refractivity contribution is 5.85. The lowest BCUT2D eigenvalue weighted by Gasteiger charge is -2.28. The van der Waals surface area contributed by atoms with Crippen LogP contribution in [0.4, 0.5) is 0 Å². The molecular weight excluding hydrogens is 284 g/mol. The maximum Gasteiger partial charge on any atom is 0.122 e. The second-order valence-electron chi connectivity index (χ2n) is 5.97. The maximum absolute atomic E-state index is 5.58. The first-order valence-electron chi connectivity index (χ1n) is 8.06. The Morgan fingerprint density at radius 2 is 2.24 bits per heavy atom. The van der Waals surface area contributed by atoms with Crippen molar-refractivity contribution in [3.05, 3.63) is 29.3 Å². The summed E-state index contributed by atoms with van der Waals surface area (Å²) < 4.78 is 5.58. The summed E-state index contributed by atoms with van der Waals surface area (Å²) in [6.45, 7) is 7.88. The monoisotopic (exact) mass is 310 g/mol. The molecule has 0 amide bonds. The van der Waals surface area contributed by atoms with Crippen molar-refractivity contribution in [2.24, 2.45) is 0 Å². The predicted octanol–water partition coefficient (Wildman–Crippen LogP) is 2.66. The predicted molar refractivity (Wildman–Crippen MR) is 89.7 cm³/mol. The second-order valence-corrected chi connectivity index (χ2v) is 5.97. The lowest BCUT2D eigenvalue weighted by molar-refractivity contribution is 0.211. The number of hydrogen-bond donors (Lipinski definition) is 1. The van der Waals surface area contributed by atoms with Gasteiger partial charge in [-0.1, -0.05) is 19.1 Å². The lowest BCUT2D eigenvalue weighted by Crippen LogP contribution is -2.38. The minimum Gasteiger partial charge on any atom is -0.493 e. The molecule has 0 bridgehead atoms. The van der Waals surface area contributed by atoms with E-state index in [0.717, 1.165) is 37.8 Å². The van der Waals surface area contributed by atoms with E-state index in [9.17, 15) is 0 Å². The Balaban J connectivity index is 0.00000161. The topological polar surface area (TPSA) is 24.5 Å². The van der Waals surface area contributed by atoms with Crippen molar-refractivity contribution in [1.82, 2.24) is 10.2 Å². The van der Waals surface area contributed by atoms with Gasteiger partial charge in [0.05, 0.1) is 6.61 Å². The number of halogens is 1. The number of benzene rings is 1. The number of fused-ring (bicyclic) bond motifs is 1. The molecule has 3 rings (SSSR count). The molecule has 21 heavy (non-hydrogen) atoms. The average molecular weight is 311 g/mol. The molecule has 1 saturated heterocycles. The van der Waals surface area contributed by atoms with Crippen LogP contribution < -0.4 is 10.1 Å². The highest BCUT2D eigenvalue weighted by Gasteiger charge is 2.21. The molecule has 1 unspecified atom stereocenters. The van der Waals surface area contributed by atoms with Gasteiger partial charge in [0.2, 0.25) is 0 Å². The zero-order valence-corrected chi connectivity index (χ0v) is 13.8. The molecule has 1 fully saturated rings. The van der Waals surface area contributed by atoms with Crippen molar-refractivity contribution in [1.29, 1.82) is 0 Å². The molecule has 0 radical (unpaired) electrons. The van der Waals surface area contributed by atoms with Crippen molar-refractivity contribution in [3.8, 4) is 5.75 Å². The number of rotatable bonds is 6. The van der Waals surface area contributed by atoms with Gasteiger partial charge in [-0.2, -0.15) is 0 Å². The largest absolute Gasteiger partial charge is 0.493 e. The molecule has 2 aliphatic heterocycles. The summed E-state index contributed by atoms with van der Waals surface area (Å²) in [7, 11) is 0. The summed E-state index contributed by atoms with van der Waals surface area (Å²) in [5.74, 6) is 1.10. The summed E-state index contributed by atoms with van der Waals surface area (Å²) in [6, 6.07) is 7.48. The van der Waals surface area contributed by atoms with Crippen molar-refractivity contribution in [2.45, 2.75) is 38.6 Å². The van der Waals surface area contributed by atoms with E-state index in [1.54, 1.807) is 0 Å². The van der Waals surface area contributed by atoms with E-state index in [2.05, 4.69) is 35.3 Å². The van der Waals surface area contributed by atoms with Gasteiger partial charge in [-0.3, -0.25) is 4.90 Å². The summed E-state index contributed by atoms with van der Waals surface area (Å²) >= 11 is 0. The number of hydrogen-bond acceptors (Lipinski definition) is 3. The Morgan fingerprint density at radius 1 is 1.33 bits per heavy atom. The van der Waals surface area contributed by atoms with E-state index in [1.165, 1.54) is 43.6 Å². The Labute approximate surface area is 134 Å². The van der Waals surface area contributed by atoms with E-state index in [0.29, 0.717) is 0 Å². The van der Waals surface area contributed by atoms with Crippen molar-refractivity contribution < 1.29 is 4.74 Å². The van der Waals surface area contributed by atoms with Crippen LogP contribution in [0.15, 0.2) is 18.2 Å².